The number of pyridine rings is 1. The van der Waals surface area contributed by atoms with Crippen LogP contribution >= 0.6 is 0 Å². The van der Waals surface area contributed by atoms with Gasteiger partial charge in [-0.1, -0.05) is 36.4 Å². The zero-order valence-corrected chi connectivity index (χ0v) is 16.4. The van der Waals surface area contributed by atoms with Crippen molar-refractivity contribution in [1.82, 2.24) is 4.98 Å². The van der Waals surface area contributed by atoms with Crippen LogP contribution in [0.15, 0.2) is 72.9 Å². The number of anilines is 3. The summed E-state index contributed by atoms with van der Waals surface area (Å²) >= 11 is 0. The SMILES string of the molecule is O=C(c1ccnc(N2CCN(c3ccccc3)CC2)c1)N1CCc2ccccc21. The molecular formula is C24H24N4O. The standard InChI is InChI=1S/C24H24N4O/c29-24(28-13-11-19-6-4-5-9-22(19)28)20-10-12-25-23(18-20)27-16-14-26(15-17-27)21-7-2-1-3-8-21/h1-10,12,18H,11,13-17H2. The molecule has 0 aliphatic carbocycles. The summed E-state index contributed by atoms with van der Waals surface area (Å²) in [5, 5.41) is 0. The number of fused-ring (bicyclic) bond motifs is 1. The lowest BCUT2D eigenvalue weighted by atomic mass is 10.1. The molecule has 2 aromatic carbocycles. The fourth-order valence-corrected chi connectivity index (χ4v) is 4.26. The van der Waals surface area contributed by atoms with E-state index >= 15 is 0 Å². The van der Waals surface area contributed by atoms with Crippen molar-refractivity contribution >= 4 is 23.1 Å². The highest BCUT2D eigenvalue weighted by Gasteiger charge is 2.26. The third-order valence-corrected chi connectivity index (χ3v) is 5.85. The molecule has 1 saturated heterocycles. The Morgan fingerprint density at radius 2 is 1.52 bits per heavy atom. The molecule has 29 heavy (non-hydrogen) atoms. The smallest absolute Gasteiger partial charge is 0.258 e. The number of amides is 1. The van der Waals surface area contributed by atoms with Crippen LogP contribution in [0, 0.1) is 0 Å². The molecule has 0 bridgehead atoms. The highest BCUT2D eigenvalue weighted by atomic mass is 16.2. The summed E-state index contributed by atoms with van der Waals surface area (Å²) in [7, 11) is 0. The lowest BCUT2D eigenvalue weighted by Crippen LogP contribution is -2.46. The van der Waals surface area contributed by atoms with Crippen LogP contribution in [-0.2, 0) is 6.42 Å². The minimum Gasteiger partial charge on any atom is -0.368 e. The van der Waals surface area contributed by atoms with Crippen LogP contribution in [0.1, 0.15) is 15.9 Å². The lowest BCUT2D eigenvalue weighted by molar-refractivity contribution is 0.0989. The maximum absolute atomic E-state index is 13.2. The Bertz CT molecular complexity index is 1010. The van der Waals surface area contributed by atoms with Crippen molar-refractivity contribution in [2.75, 3.05) is 47.4 Å². The molecule has 1 aromatic heterocycles. The molecule has 2 aliphatic heterocycles. The van der Waals surface area contributed by atoms with E-state index in [4.69, 9.17) is 0 Å². The van der Waals surface area contributed by atoms with Gasteiger partial charge in [0.25, 0.3) is 5.91 Å². The summed E-state index contributed by atoms with van der Waals surface area (Å²) in [6.07, 6.45) is 2.68. The Morgan fingerprint density at radius 1 is 0.793 bits per heavy atom. The number of hydrogen-bond acceptors (Lipinski definition) is 4. The van der Waals surface area contributed by atoms with Crippen molar-refractivity contribution in [3.63, 3.8) is 0 Å². The number of aromatic nitrogens is 1. The van der Waals surface area contributed by atoms with Gasteiger partial charge in [-0.25, -0.2) is 4.98 Å². The van der Waals surface area contributed by atoms with Crippen LogP contribution in [0.4, 0.5) is 17.2 Å². The molecule has 5 nitrogen and oxygen atoms in total. The highest BCUT2D eigenvalue weighted by molar-refractivity contribution is 6.07. The molecule has 2 aliphatic rings. The average molecular weight is 384 g/mol. The maximum atomic E-state index is 13.2. The Kier molecular flexibility index (Phi) is 4.64. The highest BCUT2D eigenvalue weighted by Crippen LogP contribution is 2.29. The van der Waals surface area contributed by atoms with Gasteiger partial charge in [0.2, 0.25) is 0 Å². The summed E-state index contributed by atoms with van der Waals surface area (Å²) in [6.45, 7) is 4.43. The molecule has 0 radical (unpaired) electrons. The van der Waals surface area contributed by atoms with Gasteiger partial charge in [0, 0.05) is 55.9 Å². The van der Waals surface area contributed by atoms with Crippen molar-refractivity contribution in [2.24, 2.45) is 0 Å². The topological polar surface area (TPSA) is 39.7 Å². The molecule has 3 heterocycles. The minimum absolute atomic E-state index is 0.0570. The summed E-state index contributed by atoms with van der Waals surface area (Å²) < 4.78 is 0. The zero-order valence-electron chi connectivity index (χ0n) is 16.4. The monoisotopic (exact) mass is 384 g/mol. The van der Waals surface area contributed by atoms with E-state index in [9.17, 15) is 4.79 Å². The van der Waals surface area contributed by atoms with E-state index in [2.05, 4.69) is 45.1 Å². The molecule has 5 heteroatoms. The molecule has 1 fully saturated rings. The normalized spacial score (nSPS) is 16.1. The number of carbonyl (C=O) groups is 1. The molecule has 3 aromatic rings. The quantitative estimate of drug-likeness (QED) is 0.692. The van der Waals surface area contributed by atoms with Crippen molar-refractivity contribution in [2.45, 2.75) is 6.42 Å². The van der Waals surface area contributed by atoms with Crippen LogP contribution in [0.2, 0.25) is 0 Å². The molecule has 0 spiro atoms. The van der Waals surface area contributed by atoms with Crippen LogP contribution in [0.3, 0.4) is 0 Å². The molecule has 5 rings (SSSR count). The second kappa shape index (κ2) is 7.59. The number of hydrogen-bond donors (Lipinski definition) is 0. The first-order valence-corrected chi connectivity index (χ1v) is 10.2. The first-order valence-electron chi connectivity index (χ1n) is 10.2. The van der Waals surface area contributed by atoms with E-state index in [0.29, 0.717) is 5.56 Å². The lowest BCUT2D eigenvalue weighted by Gasteiger charge is -2.36. The predicted octanol–water partition coefficient (Wildman–Crippen LogP) is 3.61. The molecule has 0 unspecified atom stereocenters. The molecular weight excluding hydrogens is 360 g/mol. The van der Waals surface area contributed by atoms with Gasteiger partial charge >= 0.3 is 0 Å². The van der Waals surface area contributed by atoms with Gasteiger partial charge < -0.3 is 14.7 Å². The van der Waals surface area contributed by atoms with E-state index in [-0.39, 0.29) is 5.91 Å². The van der Waals surface area contributed by atoms with E-state index in [1.54, 1.807) is 6.20 Å². The van der Waals surface area contributed by atoms with E-state index in [1.165, 1.54) is 11.3 Å². The molecule has 0 N–H and O–H groups in total. The molecule has 1 amide bonds. The van der Waals surface area contributed by atoms with Crippen molar-refractivity contribution in [3.05, 3.63) is 84.1 Å². The van der Waals surface area contributed by atoms with Crippen LogP contribution < -0.4 is 14.7 Å². The van der Waals surface area contributed by atoms with Crippen LogP contribution in [-0.4, -0.2) is 43.6 Å². The summed E-state index contributed by atoms with van der Waals surface area (Å²) in [5.41, 5.74) is 4.24. The molecule has 0 atom stereocenters. The Labute approximate surface area is 171 Å². The largest absolute Gasteiger partial charge is 0.368 e. The van der Waals surface area contributed by atoms with Crippen LogP contribution in [0.5, 0.6) is 0 Å². The van der Waals surface area contributed by atoms with E-state index < -0.39 is 0 Å². The first kappa shape index (κ1) is 17.7. The average Bonchev–Trinajstić information content (AvgIpc) is 3.24. The second-order valence-electron chi connectivity index (χ2n) is 7.55. The Morgan fingerprint density at radius 3 is 2.34 bits per heavy atom. The fourth-order valence-electron chi connectivity index (χ4n) is 4.26. The van der Waals surface area contributed by atoms with E-state index in [1.807, 2.05) is 41.3 Å². The fraction of sp³-hybridized carbons (Fsp3) is 0.250. The van der Waals surface area contributed by atoms with Gasteiger partial charge in [-0.05, 0) is 42.3 Å². The summed E-state index contributed by atoms with van der Waals surface area (Å²) in [5.74, 6) is 0.942. The molecule has 146 valence electrons. The van der Waals surface area contributed by atoms with Gasteiger partial charge in [0.05, 0.1) is 0 Å². The van der Waals surface area contributed by atoms with Gasteiger partial charge in [-0.3, -0.25) is 4.79 Å². The summed E-state index contributed by atoms with van der Waals surface area (Å²) in [6, 6.07) is 22.4. The number of carbonyl (C=O) groups excluding carboxylic acids is 1. The number of piperazine rings is 1. The second-order valence-corrected chi connectivity index (χ2v) is 7.55. The zero-order chi connectivity index (χ0) is 19.6. The van der Waals surface area contributed by atoms with Crippen LogP contribution in [0.25, 0.3) is 0 Å². The molecule has 0 saturated carbocycles. The third-order valence-electron chi connectivity index (χ3n) is 5.85. The van der Waals surface area contributed by atoms with E-state index in [0.717, 1.165) is 50.6 Å². The Balaban J connectivity index is 1.30. The number of para-hydroxylation sites is 2. The van der Waals surface area contributed by atoms with Crippen molar-refractivity contribution < 1.29 is 4.79 Å². The van der Waals surface area contributed by atoms with Crippen molar-refractivity contribution in [3.8, 4) is 0 Å². The number of rotatable bonds is 3. The summed E-state index contributed by atoms with van der Waals surface area (Å²) in [4.78, 5) is 24.3. The van der Waals surface area contributed by atoms with Crippen molar-refractivity contribution in [1.29, 1.82) is 0 Å². The van der Waals surface area contributed by atoms with Gasteiger partial charge in [-0.2, -0.15) is 0 Å². The predicted molar refractivity (Wildman–Crippen MR) is 117 cm³/mol. The maximum Gasteiger partial charge on any atom is 0.258 e. The van der Waals surface area contributed by atoms with Gasteiger partial charge in [0.15, 0.2) is 0 Å². The van der Waals surface area contributed by atoms with Gasteiger partial charge in [0.1, 0.15) is 5.82 Å². The first-order chi connectivity index (χ1) is 14.3. The van der Waals surface area contributed by atoms with Gasteiger partial charge in [-0.15, -0.1) is 0 Å². The minimum atomic E-state index is 0.0570. The number of benzene rings is 2. The third kappa shape index (κ3) is 3.44. The number of nitrogens with zero attached hydrogens (tertiary/aromatic N) is 4. The Hall–Kier alpha value is -3.34.